The minimum absolute atomic E-state index is 0.231. The number of aryl methyl sites for hydroxylation is 1. The van der Waals surface area contributed by atoms with E-state index in [9.17, 15) is 9.18 Å². The number of amides is 1. The van der Waals surface area contributed by atoms with Crippen molar-refractivity contribution in [3.63, 3.8) is 0 Å². The van der Waals surface area contributed by atoms with Crippen LogP contribution in [0.2, 0.25) is 5.02 Å². The molecule has 0 saturated heterocycles. The Kier molecular flexibility index (Phi) is 7.31. The molecule has 0 fully saturated rings. The van der Waals surface area contributed by atoms with Crippen molar-refractivity contribution in [3.8, 4) is 11.5 Å². The zero-order valence-electron chi connectivity index (χ0n) is 16.9. The maximum Gasteiger partial charge on any atom is 0.251 e. The number of halogens is 2. The molecule has 0 atom stereocenters. The van der Waals surface area contributed by atoms with Crippen molar-refractivity contribution in [1.29, 1.82) is 0 Å². The average Bonchev–Trinajstić information content (AvgIpc) is 2.75. The first-order valence-corrected chi connectivity index (χ1v) is 10.0. The normalized spacial score (nSPS) is 10.5. The maximum absolute atomic E-state index is 13.0. The van der Waals surface area contributed by atoms with Crippen molar-refractivity contribution in [2.75, 3.05) is 6.61 Å². The Labute approximate surface area is 180 Å². The highest BCUT2D eigenvalue weighted by molar-refractivity contribution is 6.31. The molecule has 1 N–H and O–H groups in total. The van der Waals surface area contributed by atoms with Gasteiger partial charge in [0.15, 0.2) is 0 Å². The van der Waals surface area contributed by atoms with Crippen LogP contribution in [0, 0.1) is 12.7 Å². The highest BCUT2D eigenvalue weighted by Gasteiger charge is 2.12. The minimum Gasteiger partial charge on any atom is -0.493 e. The molecule has 0 unspecified atom stereocenters. The van der Waals surface area contributed by atoms with Gasteiger partial charge in [0, 0.05) is 22.7 Å². The molecule has 3 rings (SSSR count). The van der Waals surface area contributed by atoms with Gasteiger partial charge in [-0.1, -0.05) is 23.7 Å². The molecule has 0 aliphatic rings. The summed E-state index contributed by atoms with van der Waals surface area (Å²) in [6.07, 6.45) is 0. The fourth-order valence-electron chi connectivity index (χ4n) is 2.88. The molecule has 0 aromatic heterocycles. The molecule has 3 aromatic rings. The third kappa shape index (κ3) is 5.74. The first kappa shape index (κ1) is 21.7. The maximum atomic E-state index is 13.0. The van der Waals surface area contributed by atoms with Crippen LogP contribution in [0.25, 0.3) is 0 Å². The van der Waals surface area contributed by atoms with Crippen molar-refractivity contribution in [1.82, 2.24) is 5.32 Å². The topological polar surface area (TPSA) is 47.6 Å². The smallest absolute Gasteiger partial charge is 0.251 e. The molecule has 0 heterocycles. The number of nitrogens with one attached hydrogen (secondary N) is 1. The first-order valence-electron chi connectivity index (χ1n) is 9.63. The Morgan fingerprint density at radius 2 is 1.80 bits per heavy atom. The van der Waals surface area contributed by atoms with Crippen LogP contribution in [0.4, 0.5) is 4.39 Å². The van der Waals surface area contributed by atoms with E-state index in [1.165, 1.54) is 12.1 Å². The number of ether oxygens (including phenoxy) is 2. The van der Waals surface area contributed by atoms with Crippen LogP contribution in [0.15, 0.2) is 60.7 Å². The van der Waals surface area contributed by atoms with Crippen molar-refractivity contribution in [3.05, 3.63) is 93.8 Å². The number of benzene rings is 3. The van der Waals surface area contributed by atoms with Gasteiger partial charge in [-0.2, -0.15) is 0 Å². The molecule has 0 radical (unpaired) electrons. The Morgan fingerprint density at radius 3 is 2.50 bits per heavy atom. The van der Waals surface area contributed by atoms with E-state index < -0.39 is 0 Å². The van der Waals surface area contributed by atoms with E-state index in [0.717, 1.165) is 16.7 Å². The lowest BCUT2D eigenvalue weighted by atomic mass is 10.1. The SMILES string of the molecule is CCOc1ccc(C(=O)NCc2ccc(F)cc2)cc1COc1ccc(Cl)c(C)c1. The zero-order chi connectivity index (χ0) is 21.5. The minimum atomic E-state index is -0.308. The number of hydrogen-bond donors (Lipinski definition) is 1. The Bertz CT molecular complexity index is 1020. The van der Waals surface area contributed by atoms with Gasteiger partial charge >= 0.3 is 0 Å². The predicted molar refractivity (Wildman–Crippen MR) is 116 cm³/mol. The molecular formula is C24H23ClFNO3. The van der Waals surface area contributed by atoms with Crippen LogP contribution >= 0.6 is 11.6 Å². The fourth-order valence-corrected chi connectivity index (χ4v) is 3.00. The number of rotatable bonds is 8. The average molecular weight is 428 g/mol. The van der Waals surface area contributed by atoms with Crippen LogP contribution in [0.3, 0.4) is 0 Å². The largest absolute Gasteiger partial charge is 0.493 e. The highest BCUT2D eigenvalue weighted by atomic mass is 35.5. The van der Waals surface area contributed by atoms with Crippen LogP contribution in [0.5, 0.6) is 11.5 Å². The van der Waals surface area contributed by atoms with Gasteiger partial charge in [0.05, 0.1) is 6.61 Å². The Hall–Kier alpha value is -3.05. The molecule has 0 aliphatic carbocycles. The van der Waals surface area contributed by atoms with E-state index >= 15 is 0 Å². The summed E-state index contributed by atoms with van der Waals surface area (Å²) in [4.78, 5) is 12.6. The van der Waals surface area contributed by atoms with Gasteiger partial charge in [-0.15, -0.1) is 0 Å². The number of hydrogen-bond acceptors (Lipinski definition) is 3. The molecule has 0 bridgehead atoms. The quantitative estimate of drug-likeness (QED) is 0.502. The van der Waals surface area contributed by atoms with Crippen LogP contribution in [-0.2, 0) is 13.2 Å². The summed E-state index contributed by atoms with van der Waals surface area (Å²) in [6.45, 7) is 4.87. The second-order valence-electron chi connectivity index (χ2n) is 6.76. The van der Waals surface area contributed by atoms with Gasteiger partial charge in [-0.25, -0.2) is 4.39 Å². The lowest BCUT2D eigenvalue weighted by Crippen LogP contribution is -2.23. The van der Waals surface area contributed by atoms with E-state index in [4.69, 9.17) is 21.1 Å². The standard InChI is InChI=1S/C24H23ClFNO3/c1-3-29-23-11-6-18(24(28)27-14-17-4-7-20(26)8-5-17)13-19(23)15-30-21-9-10-22(25)16(2)12-21/h4-13H,3,14-15H2,1-2H3,(H,27,28). The lowest BCUT2D eigenvalue weighted by molar-refractivity contribution is 0.0950. The van der Waals surface area contributed by atoms with Crippen molar-refractivity contribution in [2.24, 2.45) is 0 Å². The Balaban J connectivity index is 1.71. The van der Waals surface area contributed by atoms with Crippen LogP contribution in [-0.4, -0.2) is 12.5 Å². The summed E-state index contributed by atoms with van der Waals surface area (Å²) in [7, 11) is 0. The highest BCUT2D eigenvalue weighted by Crippen LogP contribution is 2.25. The van der Waals surface area contributed by atoms with Crippen LogP contribution in [0.1, 0.15) is 34.0 Å². The van der Waals surface area contributed by atoms with Gasteiger partial charge < -0.3 is 14.8 Å². The third-order valence-electron chi connectivity index (χ3n) is 4.51. The van der Waals surface area contributed by atoms with E-state index in [2.05, 4.69) is 5.32 Å². The van der Waals surface area contributed by atoms with Gasteiger partial charge in [0.25, 0.3) is 5.91 Å². The van der Waals surface area contributed by atoms with Crippen molar-refractivity contribution >= 4 is 17.5 Å². The summed E-state index contributed by atoms with van der Waals surface area (Å²) in [6, 6.07) is 16.7. The van der Waals surface area contributed by atoms with Crippen molar-refractivity contribution in [2.45, 2.75) is 27.0 Å². The predicted octanol–water partition coefficient (Wildman–Crippen LogP) is 5.70. The van der Waals surface area contributed by atoms with Gasteiger partial charge in [-0.3, -0.25) is 4.79 Å². The summed E-state index contributed by atoms with van der Waals surface area (Å²) in [5.41, 5.74) is 3.00. The molecule has 6 heteroatoms. The molecule has 1 amide bonds. The molecule has 156 valence electrons. The van der Waals surface area contributed by atoms with Crippen molar-refractivity contribution < 1.29 is 18.7 Å². The second-order valence-corrected chi connectivity index (χ2v) is 7.17. The fraction of sp³-hybridized carbons (Fsp3) is 0.208. The summed E-state index contributed by atoms with van der Waals surface area (Å²) < 4.78 is 24.6. The van der Waals surface area contributed by atoms with Gasteiger partial charge in [0.1, 0.15) is 23.9 Å². The number of carbonyl (C=O) groups excluding carboxylic acids is 1. The molecule has 0 saturated carbocycles. The van der Waals surface area contributed by atoms with E-state index in [-0.39, 0.29) is 18.3 Å². The summed E-state index contributed by atoms with van der Waals surface area (Å²) in [5, 5.41) is 3.52. The molecule has 4 nitrogen and oxygen atoms in total. The van der Waals surface area contributed by atoms with E-state index in [0.29, 0.717) is 35.2 Å². The van der Waals surface area contributed by atoms with E-state index in [1.807, 2.05) is 19.9 Å². The van der Waals surface area contributed by atoms with Gasteiger partial charge in [0.2, 0.25) is 0 Å². The second kappa shape index (κ2) is 10.1. The van der Waals surface area contributed by atoms with Gasteiger partial charge in [-0.05, 0) is 73.5 Å². The lowest BCUT2D eigenvalue weighted by Gasteiger charge is -2.14. The summed E-state index contributed by atoms with van der Waals surface area (Å²) >= 11 is 6.06. The first-order chi connectivity index (χ1) is 14.5. The molecular weight excluding hydrogens is 405 g/mol. The summed E-state index contributed by atoms with van der Waals surface area (Å²) in [5.74, 6) is 0.812. The van der Waals surface area contributed by atoms with E-state index in [1.54, 1.807) is 42.5 Å². The number of carbonyl (C=O) groups is 1. The zero-order valence-corrected chi connectivity index (χ0v) is 17.6. The molecule has 0 spiro atoms. The monoisotopic (exact) mass is 427 g/mol. The third-order valence-corrected chi connectivity index (χ3v) is 4.94. The molecule has 0 aliphatic heterocycles. The van der Waals surface area contributed by atoms with Crippen LogP contribution < -0.4 is 14.8 Å². The Morgan fingerprint density at radius 1 is 1.03 bits per heavy atom. The molecule has 30 heavy (non-hydrogen) atoms. The molecule has 3 aromatic carbocycles.